The van der Waals surface area contributed by atoms with Crippen LogP contribution in [-0.2, 0) is 28.2 Å². The molecular formula is C43H77O8P. The molecule has 0 bridgehead atoms. The number of unbranched alkanes of at least 4 members (excludes halogenated alkanes) is 20. The summed E-state index contributed by atoms with van der Waals surface area (Å²) in [6.45, 7) is 3.56. The van der Waals surface area contributed by atoms with Crippen LogP contribution in [0.3, 0.4) is 0 Å². The molecule has 0 saturated heterocycles. The van der Waals surface area contributed by atoms with E-state index in [1.165, 1.54) is 83.5 Å². The van der Waals surface area contributed by atoms with E-state index < -0.39 is 32.5 Å². The lowest BCUT2D eigenvalue weighted by Crippen LogP contribution is -2.29. The molecule has 8 nitrogen and oxygen atoms in total. The zero-order valence-electron chi connectivity index (χ0n) is 33.2. The largest absolute Gasteiger partial charge is 0.469 e. The van der Waals surface area contributed by atoms with E-state index in [2.05, 4.69) is 67.0 Å². The van der Waals surface area contributed by atoms with Crippen molar-refractivity contribution in [2.75, 3.05) is 13.2 Å². The first-order valence-corrected chi connectivity index (χ1v) is 22.5. The van der Waals surface area contributed by atoms with Gasteiger partial charge in [-0.3, -0.25) is 14.1 Å². The molecule has 0 heterocycles. The van der Waals surface area contributed by atoms with Crippen LogP contribution in [0.4, 0.5) is 0 Å². The number of phosphoric ester groups is 1. The third kappa shape index (κ3) is 40.8. The molecule has 52 heavy (non-hydrogen) atoms. The quantitative estimate of drug-likeness (QED) is 0.0277. The van der Waals surface area contributed by atoms with Gasteiger partial charge in [0.25, 0.3) is 0 Å². The molecule has 0 radical (unpaired) electrons. The summed E-state index contributed by atoms with van der Waals surface area (Å²) < 4.78 is 26.4. The fraction of sp³-hybridized carbons (Fsp3) is 0.767. The van der Waals surface area contributed by atoms with Crippen LogP contribution >= 0.6 is 7.82 Å². The van der Waals surface area contributed by atoms with Gasteiger partial charge in [-0.25, -0.2) is 4.57 Å². The van der Waals surface area contributed by atoms with Crippen molar-refractivity contribution in [3.63, 3.8) is 0 Å². The van der Waals surface area contributed by atoms with Crippen LogP contribution in [0.1, 0.15) is 194 Å². The lowest BCUT2D eigenvalue weighted by atomic mass is 10.1. The summed E-state index contributed by atoms with van der Waals surface area (Å²) in [5.74, 6) is -0.906. The van der Waals surface area contributed by atoms with Crippen LogP contribution < -0.4 is 0 Å². The number of esters is 2. The van der Waals surface area contributed by atoms with E-state index >= 15 is 0 Å². The molecule has 0 aromatic rings. The predicted octanol–water partition coefficient (Wildman–Crippen LogP) is 12.7. The third-order valence-corrected chi connectivity index (χ3v) is 9.32. The molecule has 0 spiro atoms. The Bertz CT molecular complexity index is 984. The Morgan fingerprint density at radius 3 is 1.40 bits per heavy atom. The Kier molecular flexibility index (Phi) is 37.2. The fourth-order valence-electron chi connectivity index (χ4n) is 5.73. The molecule has 0 amide bonds. The van der Waals surface area contributed by atoms with Crippen LogP contribution in [0.2, 0.25) is 0 Å². The number of hydrogen-bond donors (Lipinski definition) is 2. The van der Waals surface area contributed by atoms with Crippen molar-refractivity contribution in [1.29, 1.82) is 0 Å². The topological polar surface area (TPSA) is 119 Å². The van der Waals surface area contributed by atoms with Gasteiger partial charge in [0.05, 0.1) is 6.61 Å². The van der Waals surface area contributed by atoms with Crippen molar-refractivity contribution in [2.45, 2.75) is 200 Å². The van der Waals surface area contributed by atoms with Gasteiger partial charge in [0.2, 0.25) is 0 Å². The third-order valence-electron chi connectivity index (χ3n) is 8.83. The van der Waals surface area contributed by atoms with Crippen molar-refractivity contribution < 1.29 is 37.9 Å². The molecule has 0 aliphatic heterocycles. The Labute approximate surface area is 318 Å². The summed E-state index contributed by atoms with van der Waals surface area (Å²) in [7, 11) is -4.76. The van der Waals surface area contributed by atoms with Gasteiger partial charge in [0.15, 0.2) is 6.10 Å². The number of carbonyl (C=O) groups excluding carboxylic acids is 2. The van der Waals surface area contributed by atoms with E-state index in [1.54, 1.807) is 0 Å². The summed E-state index contributed by atoms with van der Waals surface area (Å²) in [6.07, 6.45) is 46.9. The molecule has 0 fully saturated rings. The minimum absolute atomic E-state index is 0.191. The standard InChI is InChI=1S/C43H77O8P/c1-3-5-7-9-11-13-15-17-19-20-21-22-24-25-27-29-31-33-35-37-42(44)49-39-41(40-50-52(46,47)48)51-43(45)38-36-34-32-30-28-26-23-18-16-14-12-10-8-6-4-2/h6,8,12,14,17-19,23,41H,3-5,7,9-11,13,15-16,20-22,24-40H2,1-2H3,(H2,46,47,48)/b8-6-,14-12-,19-17-,23-18-. The molecule has 0 aliphatic rings. The molecule has 0 aromatic carbocycles. The van der Waals surface area contributed by atoms with E-state index in [9.17, 15) is 14.2 Å². The summed E-state index contributed by atoms with van der Waals surface area (Å²) in [6, 6.07) is 0. The van der Waals surface area contributed by atoms with Crippen LogP contribution in [-0.4, -0.2) is 41.0 Å². The maximum Gasteiger partial charge on any atom is 0.469 e. The number of phosphoric acid groups is 1. The van der Waals surface area contributed by atoms with Gasteiger partial charge in [-0.2, -0.15) is 0 Å². The van der Waals surface area contributed by atoms with Gasteiger partial charge >= 0.3 is 19.8 Å². The zero-order chi connectivity index (χ0) is 38.2. The van der Waals surface area contributed by atoms with E-state index in [0.29, 0.717) is 6.42 Å². The molecule has 0 saturated carbocycles. The van der Waals surface area contributed by atoms with Gasteiger partial charge in [-0.1, -0.05) is 159 Å². The fourth-order valence-corrected chi connectivity index (χ4v) is 6.10. The number of ether oxygens (including phenoxy) is 2. The Morgan fingerprint density at radius 2 is 0.923 bits per heavy atom. The maximum atomic E-state index is 12.4. The lowest BCUT2D eigenvalue weighted by Gasteiger charge is -2.18. The van der Waals surface area contributed by atoms with E-state index in [4.69, 9.17) is 19.3 Å². The minimum atomic E-state index is -4.76. The van der Waals surface area contributed by atoms with Gasteiger partial charge in [-0.05, 0) is 70.6 Å². The van der Waals surface area contributed by atoms with E-state index in [1.807, 2.05) is 0 Å². The highest BCUT2D eigenvalue weighted by atomic mass is 31.2. The molecule has 9 heteroatoms. The highest BCUT2D eigenvalue weighted by molar-refractivity contribution is 7.46. The van der Waals surface area contributed by atoms with E-state index in [0.717, 1.165) is 77.0 Å². The van der Waals surface area contributed by atoms with Gasteiger partial charge in [0, 0.05) is 12.8 Å². The molecule has 0 aromatic heterocycles. The zero-order valence-corrected chi connectivity index (χ0v) is 34.1. The molecule has 1 unspecified atom stereocenters. The molecule has 1 atom stereocenters. The van der Waals surface area contributed by atoms with Crippen molar-refractivity contribution in [1.82, 2.24) is 0 Å². The van der Waals surface area contributed by atoms with Gasteiger partial charge < -0.3 is 19.3 Å². The van der Waals surface area contributed by atoms with Crippen LogP contribution in [0.15, 0.2) is 48.6 Å². The first kappa shape index (κ1) is 50.0. The Morgan fingerprint density at radius 1 is 0.519 bits per heavy atom. The molecule has 2 N–H and O–H groups in total. The van der Waals surface area contributed by atoms with Crippen molar-refractivity contribution in [2.24, 2.45) is 0 Å². The minimum Gasteiger partial charge on any atom is -0.462 e. The molecule has 302 valence electrons. The van der Waals surface area contributed by atoms with E-state index in [-0.39, 0.29) is 19.4 Å². The predicted molar refractivity (Wildman–Crippen MR) is 216 cm³/mol. The number of carbonyl (C=O) groups is 2. The first-order valence-electron chi connectivity index (χ1n) is 20.9. The second-order valence-corrected chi connectivity index (χ2v) is 15.2. The summed E-state index contributed by atoms with van der Waals surface area (Å²) in [5, 5.41) is 0. The first-order chi connectivity index (χ1) is 25.3. The summed E-state index contributed by atoms with van der Waals surface area (Å²) in [5.41, 5.74) is 0. The lowest BCUT2D eigenvalue weighted by molar-refractivity contribution is -0.161. The second kappa shape index (κ2) is 38.7. The number of allylic oxidation sites excluding steroid dienone is 8. The van der Waals surface area contributed by atoms with Crippen molar-refractivity contribution in [3.05, 3.63) is 48.6 Å². The normalized spacial score (nSPS) is 12.9. The second-order valence-electron chi connectivity index (χ2n) is 13.9. The Hall–Kier alpha value is -1.99. The summed E-state index contributed by atoms with van der Waals surface area (Å²) in [4.78, 5) is 42.8. The molecule has 0 aliphatic carbocycles. The highest BCUT2D eigenvalue weighted by Crippen LogP contribution is 2.36. The molecule has 0 rings (SSSR count). The van der Waals surface area contributed by atoms with Crippen LogP contribution in [0, 0.1) is 0 Å². The highest BCUT2D eigenvalue weighted by Gasteiger charge is 2.22. The number of rotatable bonds is 38. The van der Waals surface area contributed by atoms with Gasteiger partial charge in [-0.15, -0.1) is 0 Å². The SMILES string of the molecule is CC/C=C\C/C=C\C/C=C\CCCCCCCC(=O)OC(COC(=O)CCCCCCCCCCC/C=C\CCCCCCCC)COP(=O)(O)O. The van der Waals surface area contributed by atoms with Gasteiger partial charge in [0.1, 0.15) is 6.61 Å². The van der Waals surface area contributed by atoms with Crippen LogP contribution in [0.25, 0.3) is 0 Å². The number of hydrogen-bond acceptors (Lipinski definition) is 6. The smallest absolute Gasteiger partial charge is 0.462 e. The molecular weight excluding hydrogens is 675 g/mol. The average molecular weight is 753 g/mol. The average Bonchev–Trinajstić information content (AvgIpc) is 3.11. The maximum absolute atomic E-state index is 12.4. The van der Waals surface area contributed by atoms with Crippen molar-refractivity contribution >= 4 is 19.8 Å². The monoisotopic (exact) mass is 753 g/mol. The van der Waals surface area contributed by atoms with Crippen molar-refractivity contribution in [3.8, 4) is 0 Å². The summed E-state index contributed by atoms with van der Waals surface area (Å²) >= 11 is 0. The van der Waals surface area contributed by atoms with Crippen LogP contribution in [0.5, 0.6) is 0 Å². The Balaban J connectivity index is 3.92.